The molecule has 32 heavy (non-hydrogen) atoms. The number of aliphatic hydroxyl groups excluding tert-OH is 5. The molecule has 5 unspecified atom stereocenters. The van der Waals surface area contributed by atoms with Gasteiger partial charge in [0.05, 0.1) is 30.9 Å². The van der Waals surface area contributed by atoms with Crippen molar-refractivity contribution in [2.24, 2.45) is 28.7 Å². The van der Waals surface area contributed by atoms with Crippen LogP contribution in [0.3, 0.4) is 0 Å². The highest BCUT2D eigenvalue weighted by atomic mass is 16.7. The molecule has 1 saturated carbocycles. The Labute approximate surface area is 185 Å². The molecule has 14 heteroatoms. The van der Waals surface area contributed by atoms with Gasteiger partial charge < -0.3 is 73.1 Å². The fourth-order valence-electron chi connectivity index (χ4n) is 4.43. The number of hydrogen-bond acceptors (Lipinski definition) is 14. The minimum Gasteiger partial charge on any atom is -0.394 e. The molecular weight excluding hydrogens is 430 g/mol. The molecule has 14 nitrogen and oxygen atoms in total. The minimum atomic E-state index is -1.44. The van der Waals surface area contributed by atoms with E-state index in [4.69, 9.17) is 47.6 Å². The van der Waals surface area contributed by atoms with E-state index in [2.05, 4.69) is 0 Å². The second-order valence-corrected chi connectivity index (χ2v) is 8.78. The maximum atomic E-state index is 11.0. The lowest BCUT2D eigenvalue weighted by Gasteiger charge is -2.47. The van der Waals surface area contributed by atoms with Gasteiger partial charge >= 0.3 is 0 Å². The lowest BCUT2D eigenvalue weighted by atomic mass is 9.84. The summed E-state index contributed by atoms with van der Waals surface area (Å²) in [5.74, 6) is 0. The van der Waals surface area contributed by atoms with Crippen LogP contribution in [0.5, 0.6) is 0 Å². The third-order valence-corrected chi connectivity index (χ3v) is 6.41. The van der Waals surface area contributed by atoms with Crippen molar-refractivity contribution in [3.8, 4) is 0 Å². The zero-order valence-electron chi connectivity index (χ0n) is 17.7. The van der Waals surface area contributed by atoms with Crippen LogP contribution < -0.4 is 28.7 Å². The van der Waals surface area contributed by atoms with E-state index in [-0.39, 0.29) is 19.4 Å². The highest BCUT2D eigenvalue weighted by Crippen LogP contribution is 2.30. The van der Waals surface area contributed by atoms with Gasteiger partial charge in [0.15, 0.2) is 12.6 Å². The Kier molecular flexibility index (Phi) is 8.79. The summed E-state index contributed by atoms with van der Waals surface area (Å²) in [4.78, 5) is 0. The Morgan fingerprint density at radius 3 is 1.84 bits per heavy atom. The molecule has 2 heterocycles. The Bertz CT molecular complexity index is 607. The molecule has 0 bridgehead atoms. The molecular formula is C18H37N5O9. The second kappa shape index (κ2) is 10.8. The third kappa shape index (κ3) is 5.24. The average Bonchev–Trinajstić information content (AvgIpc) is 2.75. The number of nitrogens with two attached hydrogens (primary N) is 5. The van der Waals surface area contributed by atoms with Gasteiger partial charge in [-0.25, -0.2) is 0 Å². The van der Waals surface area contributed by atoms with Crippen molar-refractivity contribution in [3.63, 3.8) is 0 Å². The van der Waals surface area contributed by atoms with Crippen molar-refractivity contribution in [1.82, 2.24) is 0 Å². The lowest BCUT2D eigenvalue weighted by Crippen LogP contribution is -2.68. The van der Waals surface area contributed by atoms with Crippen LogP contribution in [0.1, 0.15) is 12.8 Å². The predicted octanol–water partition coefficient (Wildman–Crippen LogP) is -6.30. The average molecular weight is 468 g/mol. The SMILES string of the molecule is NC[C@H]1O[C@H](OC2C(O)[C@@H](O[C@H]3OC(CO)[C@@H](O)[C@H](N)C3O)[C@H](N)C[C@@H]2N)[C@H](N)CC1O. The lowest BCUT2D eigenvalue weighted by molar-refractivity contribution is -0.314. The van der Waals surface area contributed by atoms with Crippen LogP contribution in [0.4, 0.5) is 0 Å². The van der Waals surface area contributed by atoms with Gasteiger partial charge in [-0.05, 0) is 12.8 Å². The first-order valence-electron chi connectivity index (χ1n) is 10.8. The Balaban J connectivity index is 1.70. The van der Waals surface area contributed by atoms with E-state index in [1.54, 1.807) is 0 Å². The molecule has 14 atom stereocenters. The standard InChI is InChI=1S/C18H37N5O9/c19-3-9-8(25)2-7(22)17(29-9)31-15-5(20)1-6(21)16(14(15)28)32-18-13(27)11(23)12(26)10(4-24)30-18/h5-18,24-28H,1-4,19-23H2/t5-,6+,7+,8?,9+,10?,11-,12+,13?,14?,15?,16-,17+,18+/m0/s1. The second-order valence-electron chi connectivity index (χ2n) is 8.78. The molecule has 0 aromatic heterocycles. The Morgan fingerprint density at radius 2 is 1.28 bits per heavy atom. The van der Waals surface area contributed by atoms with E-state index >= 15 is 0 Å². The van der Waals surface area contributed by atoms with Gasteiger partial charge in [0, 0.05) is 18.6 Å². The number of ether oxygens (including phenoxy) is 4. The predicted molar refractivity (Wildman–Crippen MR) is 108 cm³/mol. The first kappa shape index (κ1) is 26.1. The monoisotopic (exact) mass is 467 g/mol. The largest absolute Gasteiger partial charge is 0.394 e. The van der Waals surface area contributed by atoms with E-state index < -0.39 is 92.2 Å². The number of rotatable bonds is 6. The van der Waals surface area contributed by atoms with Gasteiger partial charge in [0.25, 0.3) is 0 Å². The maximum absolute atomic E-state index is 11.0. The molecule has 0 amide bonds. The molecule has 3 aliphatic rings. The molecule has 0 radical (unpaired) electrons. The summed E-state index contributed by atoms with van der Waals surface area (Å²) in [6, 6.07) is -3.27. The van der Waals surface area contributed by atoms with Gasteiger partial charge in [-0.2, -0.15) is 0 Å². The van der Waals surface area contributed by atoms with Crippen LogP contribution in [0.2, 0.25) is 0 Å². The van der Waals surface area contributed by atoms with Gasteiger partial charge in [0.2, 0.25) is 0 Å². The van der Waals surface area contributed by atoms with Crippen LogP contribution in [-0.2, 0) is 18.9 Å². The molecule has 3 fully saturated rings. The summed E-state index contributed by atoms with van der Waals surface area (Å²) in [5, 5.41) is 50.7. The summed E-state index contributed by atoms with van der Waals surface area (Å²) in [6.07, 6.45) is -10.8. The highest BCUT2D eigenvalue weighted by molar-refractivity contribution is 5.01. The molecule has 3 rings (SSSR count). The molecule has 2 saturated heterocycles. The topological polar surface area (TPSA) is 268 Å². The summed E-state index contributed by atoms with van der Waals surface area (Å²) in [5.41, 5.74) is 29.8. The van der Waals surface area contributed by atoms with Crippen LogP contribution in [0.15, 0.2) is 0 Å². The fraction of sp³-hybridized carbons (Fsp3) is 1.00. The first-order valence-corrected chi connectivity index (χ1v) is 10.8. The van der Waals surface area contributed by atoms with E-state index in [0.717, 1.165) is 0 Å². The van der Waals surface area contributed by atoms with Crippen molar-refractivity contribution in [2.45, 2.75) is 98.4 Å². The minimum absolute atomic E-state index is 0.0542. The zero-order chi connectivity index (χ0) is 23.7. The van der Waals surface area contributed by atoms with E-state index in [1.165, 1.54) is 0 Å². The van der Waals surface area contributed by atoms with E-state index in [9.17, 15) is 25.5 Å². The van der Waals surface area contributed by atoms with Crippen molar-refractivity contribution >= 4 is 0 Å². The summed E-state index contributed by atoms with van der Waals surface area (Å²) in [6.45, 7) is -0.499. The van der Waals surface area contributed by atoms with Crippen LogP contribution in [-0.4, -0.2) is 124 Å². The van der Waals surface area contributed by atoms with Gasteiger partial charge in [0.1, 0.15) is 36.6 Å². The van der Waals surface area contributed by atoms with E-state index in [1.807, 2.05) is 0 Å². The number of aliphatic hydroxyl groups is 5. The van der Waals surface area contributed by atoms with Crippen LogP contribution in [0, 0.1) is 0 Å². The quantitative estimate of drug-likeness (QED) is 0.174. The zero-order valence-corrected chi connectivity index (χ0v) is 17.7. The smallest absolute Gasteiger partial charge is 0.186 e. The molecule has 188 valence electrons. The molecule has 15 N–H and O–H groups in total. The fourth-order valence-corrected chi connectivity index (χ4v) is 4.43. The van der Waals surface area contributed by atoms with Crippen molar-refractivity contribution in [1.29, 1.82) is 0 Å². The summed E-state index contributed by atoms with van der Waals surface area (Å²) >= 11 is 0. The molecule has 1 aliphatic carbocycles. The summed E-state index contributed by atoms with van der Waals surface area (Å²) < 4.78 is 22.7. The van der Waals surface area contributed by atoms with Crippen LogP contribution in [0.25, 0.3) is 0 Å². The maximum Gasteiger partial charge on any atom is 0.186 e. The Hall–Kier alpha value is -0.560. The highest BCUT2D eigenvalue weighted by Gasteiger charge is 2.50. The molecule has 0 aromatic carbocycles. The van der Waals surface area contributed by atoms with Crippen molar-refractivity contribution in [2.75, 3.05) is 13.2 Å². The molecule has 2 aliphatic heterocycles. The van der Waals surface area contributed by atoms with Gasteiger partial charge in [-0.15, -0.1) is 0 Å². The first-order chi connectivity index (χ1) is 15.1. The third-order valence-electron chi connectivity index (χ3n) is 6.41. The van der Waals surface area contributed by atoms with Crippen molar-refractivity contribution < 1.29 is 44.5 Å². The molecule has 0 aromatic rings. The summed E-state index contributed by atoms with van der Waals surface area (Å²) in [7, 11) is 0. The van der Waals surface area contributed by atoms with Gasteiger partial charge in [-0.3, -0.25) is 0 Å². The van der Waals surface area contributed by atoms with Crippen LogP contribution >= 0.6 is 0 Å². The number of hydrogen-bond donors (Lipinski definition) is 10. The molecule has 0 spiro atoms. The van der Waals surface area contributed by atoms with Crippen molar-refractivity contribution in [3.05, 3.63) is 0 Å². The Morgan fingerprint density at radius 1 is 0.719 bits per heavy atom. The van der Waals surface area contributed by atoms with Gasteiger partial charge in [-0.1, -0.05) is 0 Å². The van der Waals surface area contributed by atoms with E-state index in [0.29, 0.717) is 0 Å². The normalized spacial score (nSPS) is 52.7.